The van der Waals surface area contributed by atoms with E-state index in [-0.39, 0.29) is 6.04 Å². The highest BCUT2D eigenvalue weighted by Crippen LogP contribution is 2.38. The third-order valence-electron chi connectivity index (χ3n) is 4.07. The lowest BCUT2D eigenvalue weighted by Crippen LogP contribution is -2.42. The first kappa shape index (κ1) is 11.6. The van der Waals surface area contributed by atoms with Gasteiger partial charge in [0.2, 0.25) is 0 Å². The van der Waals surface area contributed by atoms with E-state index in [1.165, 1.54) is 37.7 Å². The van der Waals surface area contributed by atoms with Crippen LogP contribution in [-0.2, 0) is 6.42 Å². The highest BCUT2D eigenvalue weighted by Gasteiger charge is 2.32. The predicted octanol–water partition coefficient (Wildman–Crippen LogP) is 2.92. The van der Waals surface area contributed by atoms with E-state index >= 15 is 0 Å². The zero-order valence-corrected chi connectivity index (χ0v) is 10.2. The first-order valence-electron chi connectivity index (χ1n) is 6.35. The largest absolute Gasteiger partial charge is 0.327 e. The maximum absolute atomic E-state index is 6.39. The zero-order valence-electron chi connectivity index (χ0n) is 10.2. The van der Waals surface area contributed by atoms with Crippen LogP contribution in [-0.4, -0.2) is 11.0 Å². The number of hydrogen-bond acceptors (Lipinski definition) is 2. The minimum Gasteiger partial charge on any atom is -0.327 e. The first-order valence-corrected chi connectivity index (χ1v) is 6.35. The molecular formula is C14H22N2. The summed E-state index contributed by atoms with van der Waals surface area (Å²) in [6.07, 6.45) is 11.4. The van der Waals surface area contributed by atoms with Crippen molar-refractivity contribution >= 4 is 0 Å². The summed E-state index contributed by atoms with van der Waals surface area (Å²) >= 11 is 0. The van der Waals surface area contributed by atoms with Crippen LogP contribution in [0.3, 0.4) is 0 Å². The molecule has 1 unspecified atom stereocenters. The summed E-state index contributed by atoms with van der Waals surface area (Å²) in [6, 6.07) is 4.39. The van der Waals surface area contributed by atoms with E-state index in [1.807, 2.05) is 18.5 Å². The Morgan fingerprint density at radius 2 is 2.12 bits per heavy atom. The molecule has 1 saturated carbocycles. The van der Waals surface area contributed by atoms with Crippen molar-refractivity contribution in [3.63, 3.8) is 0 Å². The van der Waals surface area contributed by atoms with Crippen molar-refractivity contribution in [3.05, 3.63) is 30.1 Å². The molecule has 2 nitrogen and oxygen atoms in total. The highest BCUT2D eigenvalue weighted by molar-refractivity contribution is 5.11. The van der Waals surface area contributed by atoms with Crippen molar-refractivity contribution in [2.75, 3.05) is 0 Å². The van der Waals surface area contributed by atoms with Gasteiger partial charge in [-0.15, -0.1) is 0 Å². The lowest BCUT2D eigenvalue weighted by atomic mass is 9.69. The van der Waals surface area contributed by atoms with Crippen LogP contribution in [0.1, 0.15) is 44.6 Å². The van der Waals surface area contributed by atoms with Gasteiger partial charge in [0.1, 0.15) is 0 Å². The van der Waals surface area contributed by atoms with Gasteiger partial charge in [0.25, 0.3) is 0 Å². The minimum atomic E-state index is 0.275. The van der Waals surface area contributed by atoms with E-state index in [0.29, 0.717) is 5.41 Å². The van der Waals surface area contributed by atoms with Gasteiger partial charge in [-0.05, 0) is 36.3 Å². The first-order chi connectivity index (χ1) is 7.71. The van der Waals surface area contributed by atoms with Crippen LogP contribution < -0.4 is 5.73 Å². The van der Waals surface area contributed by atoms with E-state index in [1.54, 1.807) is 0 Å². The molecule has 1 aliphatic carbocycles. The Bertz CT molecular complexity index is 315. The monoisotopic (exact) mass is 218 g/mol. The third-order valence-corrected chi connectivity index (χ3v) is 4.07. The highest BCUT2D eigenvalue weighted by atomic mass is 14.7. The summed E-state index contributed by atoms with van der Waals surface area (Å²) in [6.45, 7) is 2.35. The van der Waals surface area contributed by atoms with Crippen LogP contribution >= 0.6 is 0 Å². The lowest BCUT2D eigenvalue weighted by Gasteiger charge is -2.39. The maximum Gasteiger partial charge on any atom is 0.0300 e. The zero-order chi connectivity index (χ0) is 11.4. The number of rotatable bonds is 3. The number of hydrogen-bond donors (Lipinski definition) is 1. The fourth-order valence-electron chi connectivity index (χ4n) is 2.75. The normalized spacial score (nSPS) is 21.6. The quantitative estimate of drug-likeness (QED) is 0.847. The molecule has 0 saturated heterocycles. The van der Waals surface area contributed by atoms with Gasteiger partial charge in [-0.2, -0.15) is 0 Å². The Balaban J connectivity index is 1.99. The molecule has 2 rings (SSSR count). The molecule has 0 bridgehead atoms. The SMILES string of the molecule is CC1(C(N)Cc2cccnc2)CCCCC1. The van der Waals surface area contributed by atoms with Crippen LogP contribution in [0.25, 0.3) is 0 Å². The molecule has 2 heteroatoms. The fourth-order valence-corrected chi connectivity index (χ4v) is 2.75. The number of nitrogens with two attached hydrogens (primary N) is 1. The fraction of sp³-hybridized carbons (Fsp3) is 0.643. The number of aromatic nitrogens is 1. The second-order valence-corrected chi connectivity index (χ2v) is 5.39. The van der Waals surface area contributed by atoms with Crippen molar-refractivity contribution < 1.29 is 0 Å². The molecular weight excluding hydrogens is 196 g/mol. The molecule has 88 valence electrons. The molecule has 1 aliphatic rings. The molecule has 0 aromatic carbocycles. The summed E-state index contributed by atoms with van der Waals surface area (Å²) in [7, 11) is 0. The van der Waals surface area contributed by atoms with Gasteiger partial charge >= 0.3 is 0 Å². The molecule has 1 aromatic rings. The van der Waals surface area contributed by atoms with Gasteiger partial charge in [-0.1, -0.05) is 32.3 Å². The molecule has 0 spiro atoms. The molecule has 1 fully saturated rings. The summed E-state index contributed by atoms with van der Waals surface area (Å²) in [5.41, 5.74) is 7.99. The molecule has 0 radical (unpaired) electrons. The molecule has 0 amide bonds. The smallest absolute Gasteiger partial charge is 0.0300 e. The Morgan fingerprint density at radius 3 is 2.75 bits per heavy atom. The Morgan fingerprint density at radius 1 is 1.38 bits per heavy atom. The van der Waals surface area contributed by atoms with Crippen molar-refractivity contribution in [3.8, 4) is 0 Å². The topological polar surface area (TPSA) is 38.9 Å². The van der Waals surface area contributed by atoms with Gasteiger partial charge in [0, 0.05) is 18.4 Å². The third kappa shape index (κ3) is 2.62. The van der Waals surface area contributed by atoms with Crippen LogP contribution in [0.15, 0.2) is 24.5 Å². The van der Waals surface area contributed by atoms with E-state index in [0.717, 1.165) is 6.42 Å². The molecule has 1 heterocycles. The molecule has 1 aromatic heterocycles. The average molecular weight is 218 g/mol. The van der Waals surface area contributed by atoms with Crippen molar-refractivity contribution in [1.29, 1.82) is 0 Å². The van der Waals surface area contributed by atoms with Gasteiger partial charge in [0.15, 0.2) is 0 Å². The maximum atomic E-state index is 6.39. The van der Waals surface area contributed by atoms with E-state index < -0.39 is 0 Å². The van der Waals surface area contributed by atoms with Crippen LogP contribution in [0.4, 0.5) is 0 Å². The lowest BCUT2D eigenvalue weighted by molar-refractivity contribution is 0.168. The molecule has 0 aliphatic heterocycles. The van der Waals surface area contributed by atoms with Crippen LogP contribution in [0.2, 0.25) is 0 Å². The Kier molecular flexibility index (Phi) is 3.59. The Labute approximate surface area is 98.3 Å². The van der Waals surface area contributed by atoms with Gasteiger partial charge < -0.3 is 5.73 Å². The second-order valence-electron chi connectivity index (χ2n) is 5.39. The van der Waals surface area contributed by atoms with Gasteiger partial charge in [0.05, 0.1) is 0 Å². The van der Waals surface area contributed by atoms with Crippen molar-refractivity contribution in [2.45, 2.75) is 51.5 Å². The Hall–Kier alpha value is -0.890. The molecule has 2 N–H and O–H groups in total. The summed E-state index contributed by atoms with van der Waals surface area (Å²) in [5.74, 6) is 0. The average Bonchev–Trinajstić information content (AvgIpc) is 2.31. The molecule has 1 atom stereocenters. The molecule has 16 heavy (non-hydrogen) atoms. The minimum absolute atomic E-state index is 0.275. The van der Waals surface area contributed by atoms with Gasteiger partial charge in [-0.25, -0.2) is 0 Å². The second kappa shape index (κ2) is 4.96. The number of pyridine rings is 1. The van der Waals surface area contributed by atoms with Crippen LogP contribution in [0, 0.1) is 5.41 Å². The van der Waals surface area contributed by atoms with Crippen LogP contribution in [0.5, 0.6) is 0 Å². The summed E-state index contributed by atoms with van der Waals surface area (Å²) in [5, 5.41) is 0. The summed E-state index contributed by atoms with van der Waals surface area (Å²) in [4.78, 5) is 4.15. The van der Waals surface area contributed by atoms with Crippen molar-refractivity contribution in [2.24, 2.45) is 11.1 Å². The summed E-state index contributed by atoms with van der Waals surface area (Å²) < 4.78 is 0. The number of nitrogens with zero attached hydrogens (tertiary/aromatic N) is 1. The standard InChI is InChI=1S/C14H22N2/c1-14(7-3-2-4-8-14)13(15)10-12-6-5-9-16-11-12/h5-6,9,11,13H,2-4,7-8,10,15H2,1H3. The van der Waals surface area contributed by atoms with Crippen molar-refractivity contribution in [1.82, 2.24) is 4.98 Å². The van der Waals surface area contributed by atoms with E-state index in [2.05, 4.69) is 18.0 Å². The van der Waals surface area contributed by atoms with E-state index in [9.17, 15) is 0 Å². The van der Waals surface area contributed by atoms with E-state index in [4.69, 9.17) is 5.73 Å². The van der Waals surface area contributed by atoms with Gasteiger partial charge in [-0.3, -0.25) is 4.98 Å². The predicted molar refractivity (Wildman–Crippen MR) is 67.1 cm³/mol.